The second kappa shape index (κ2) is 8.61. The summed E-state index contributed by atoms with van der Waals surface area (Å²) in [5.41, 5.74) is 0.636. The molecule has 172 valence electrons. The summed E-state index contributed by atoms with van der Waals surface area (Å²) in [5.74, 6) is 0.774. The summed E-state index contributed by atoms with van der Waals surface area (Å²) in [6.07, 6.45) is 2.44. The van der Waals surface area contributed by atoms with Crippen LogP contribution in [0.25, 0.3) is 0 Å². The Labute approximate surface area is 185 Å². The van der Waals surface area contributed by atoms with Crippen LogP contribution >= 0.6 is 0 Å². The number of nitrogens with one attached hydrogen (secondary N) is 2. The maximum absolute atomic E-state index is 6.37. The number of benzene rings is 1. The van der Waals surface area contributed by atoms with Crippen LogP contribution in [-0.2, 0) is 24.0 Å². The number of hydrogen-bond acceptors (Lipinski definition) is 7. The van der Waals surface area contributed by atoms with Crippen LogP contribution < -0.4 is 10.6 Å². The number of rotatable bonds is 8. The van der Waals surface area contributed by atoms with Crippen molar-refractivity contribution in [1.29, 1.82) is 0 Å². The van der Waals surface area contributed by atoms with Crippen molar-refractivity contribution in [3.05, 3.63) is 30.3 Å². The van der Waals surface area contributed by atoms with Crippen molar-refractivity contribution < 1.29 is 24.0 Å². The molecule has 3 unspecified atom stereocenters. The van der Waals surface area contributed by atoms with Crippen LogP contribution in [0.2, 0.25) is 0 Å². The first-order valence-corrected chi connectivity index (χ1v) is 11.8. The van der Waals surface area contributed by atoms with Gasteiger partial charge in [-0.25, -0.2) is 9.78 Å². The summed E-state index contributed by atoms with van der Waals surface area (Å²) in [4.78, 5) is 11.8. The Balaban J connectivity index is 1.12. The first-order chi connectivity index (χ1) is 15.0. The van der Waals surface area contributed by atoms with Crippen molar-refractivity contribution >= 4 is 5.69 Å². The van der Waals surface area contributed by atoms with Crippen molar-refractivity contribution in [3.8, 4) is 0 Å². The highest BCUT2D eigenvalue weighted by Gasteiger charge is 2.72. The van der Waals surface area contributed by atoms with E-state index >= 15 is 0 Å². The molecule has 2 N–H and O–H groups in total. The molecule has 6 rings (SSSR count). The lowest BCUT2D eigenvalue weighted by molar-refractivity contribution is -0.615. The van der Waals surface area contributed by atoms with Crippen LogP contribution in [0.15, 0.2) is 30.3 Å². The predicted octanol–water partition coefficient (Wildman–Crippen LogP) is 3.52. The van der Waals surface area contributed by atoms with E-state index in [4.69, 9.17) is 24.0 Å². The Hall–Kier alpha value is -1.22. The predicted molar refractivity (Wildman–Crippen MR) is 116 cm³/mol. The van der Waals surface area contributed by atoms with Gasteiger partial charge in [0.25, 0.3) is 0 Å². The molecular weight excluding hydrogens is 396 g/mol. The SMILES string of the molecule is C[C@@H]1CCC2[C@@H](C)[C@@H](OCCNCCNc3ccccc3)O[C@@H]3OC4(C)CC1[C@@]23OO4. The lowest BCUT2D eigenvalue weighted by atomic mass is 9.56. The zero-order chi connectivity index (χ0) is 21.5. The van der Waals surface area contributed by atoms with Crippen LogP contribution in [0, 0.1) is 23.7 Å². The highest BCUT2D eigenvalue weighted by Crippen LogP contribution is 2.62. The van der Waals surface area contributed by atoms with Crippen LogP contribution in [0.3, 0.4) is 0 Å². The van der Waals surface area contributed by atoms with Crippen molar-refractivity contribution in [2.75, 3.05) is 31.6 Å². The third kappa shape index (κ3) is 3.90. The van der Waals surface area contributed by atoms with Crippen molar-refractivity contribution in [2.24, 2.45) is 23.7 Å². The second-order valence-electron chi connectivity index (χ2n) is 9.85. The first kappa shape index (κ1) is 21.6. The van der Waals surface area contributed by atoms with E-state index in [1.165, 1.54) is 6.42 Å². The molecule has 31 heavy (non-hydrogen) atoms. The van der Waals surface area contributed by atoms with Gasteiger partial charge in [0, 0.05) is 49.5 Å². The van der Waals surface area contributed by atoms with Crippen molar-refractivity contribution in [3.63, 3.8) is 0 Å². The minimum absolute atomic E-state index is 0.223. The lowest BCUT2D eigenvalue weighted by Crippen LogP contribution is -2.76. The van der Waals surface area contributed by atoms with E-state index in [1.807, 2.05) is 25.1 Å². The maximum Gasteiger partial charge on any atom is 0.202 e. The number of hydrogen-bond donors (Lipinski definition) is 2. The quantitative estimate of drug-likeness (QED) is 0.481. The molecule has 1 saturated carbocycles. The third-order valence-corrected chi connectivity index (χ3v) is 7.74. The highest BCUT2D eigenvalue weighted by atomic mass is 17.3. The fraction of sp³-hybridized carbons (Fsp3) is 0.750. The molecule has 1 aliphatic carbocycles. The van der Waals surface area contributed by atoms with E-state index < -0.39 is 17.7 Å². The fourth-order valence-electron chi connectivity index (χ4n) is 6.10. The third-order valence-electron chi connectivity index (χ3n) is 7.74. The monoisotopic (exact) mass is 432 g/mol. The molecule has 1 aromatic carbocycles. The smallest absolute Gasteiger partial charge is 0.202 e. The molecule has 0 radical (unpaired) electrons. The standard InChI is InChI=1S/C24H36N2O5/c1-16-9-10-19-17(2)21(27-14-13-25-11-12-26-18-7-5-4-6-8-18)28-22-24(19)20(16)15-23(3,29-22)30-31-24/h4-8,16-17,19-22,25-26H,9-15H2,1-3H3/t16-,17-,19?,20?,21+,22-,23?,24+/m1/s1. The van der Waals surface area contributed by atoms with E-state index in [2.05, 4.69) is 36.6 Å². The Morgan fingerprint density at radius 3 is 2.71 bits per heavy atom. The molecule has 0 amide bonds. The average Bonchev–Trinajstić information content (AvgIpc) is 2.77. The fourth-order valence-corrected chi connectivity index (χ4v) is 6.10. The highest BCUT2D eigenvalue weighted by molar-refractivity contribution is 5.42. The van der Waals surface area contributed by atoms with Gasteiger partial charge in [0.05, 0.1) is 6.61 Å². The van der Waals surface area contributed by atoms with Crippen molar-refractivity contribution in [1.82, 2.24) is 5.32 Å². The minimum atomic E-state index is -0.730. The van der Waals surface area contributed by atoms with E-state index in [0.717, 1.165) is 38.2 Å². The molecule has 8 atom stereocenters. The van der Waals surface area contributed by atoms with Gasteiger partial charge in [0.15, 0.2) is 18.2 Å². The van der Waals surface area contributed by atoms with Gasteiger partial charge in [0.2, 0.25) is 5.79 Å². The number of para-hydroxylation sites is 1. The summed E-state index contributed by atoms with van der Waals surface area (Å²) < 4.78 is 18.8. The average molecular weight is 433 g/mol. The molecule has 7 nitrogen and oxygen atoms in total. The molecule has 0 aromatic heterocycles. The van der Waals surface area contributed by atoms with Gasteiger partial charge in [-0.1, -0.05) is 32.0 Å². The van der Waals surface area contributed by atoms with Crippen LogP contribution in [0.1, 0.15) is 40.0 Å². The Kier molecular flexibility index (Phi) is 6.01. The number of fused-ring (bicyclic) bond motifs is 1. The largest absolute Gasteiger partial charge is 0.384 e. The van der Waals surface area contributed by atoms with Gasteiger partial charge in [-0.05, 0) is 37.8 Å². The molecule has 7 heteroatoms. The van der Waals surface area contributed by atoms with E-state index in [0.29, 0.717) is 24.4 Å². The van der Waals surface area contributed by atoms with Crippen molar-refractivity contribution in [2.45, 2.75) is 64.0 Å². The van der Waals surface area contributed by atoms with Gasteiger partial charge in [-0.3, -0.25) is 0 Å². The number of ether oxygens (including phenoxy) is 3. The van der Waals surface area contributed by atoms with Crippen LogP contribution in [-0.4, -0.2) is 50.2 Å². The molecule has 5 fully saturated rings. The zero-order valence-electron chi connectivity index (χ0n) is 18.8. The molecule has 4 saturated heterocycles. The molecule has 5 aliphatic rings. The summed E-state index contributed by atoms with van der Waals surface area (Å²) in [7, 11) is 0. The van der Waals surface area contributed by atoms with Gasteiger partial charge < -0.3 is 24.8 Å². The lowest BCUT2D eigenvalue weighted by Gasteiger charge is -2.66. The Morgan fingerprint density at radius 1 is 1.03 bits per heavy atom. The second-order valence-corrected chi connectivity index (χ2v) is 9.85. The summed E-state index contributed by atoms with van der Waals surface area (Å²) in [5, 5.41) is 6.83. The van der Waals surface area contributed by atoms with E-state index in [1.54, 1.807) is 0 Å². The molecule has 4 aliphatic heterocycles. The zero-order valence-corrected chi connectivity index (χ0v) is 18.8. The first-order valence-electron chi connectivity index (χ1n) is 11.8. The van der Waals surface area contributed by atoms with E-state index in [9.17, 15) is 0 Å². The molecule has 1 spiro atoms. The topological polar surface area (TPSA) is 70.2 Å². The van der Waals surface area contributed by atoms with Crippen LogP contribution in [0.4, 0.5) is 5.69 Å². The molecule has 4 heterocycles. The van der Waals surface area contributed by atoms with Gasteiger partial charge in [-0.15, -0.1) is 0 Å². The summed E-state index contributed by atoms with van der Waals surface area (Å²) in [6.45, 7) is 9.62. The molecular formula is C24H36N2O5. The molecule has 1 aromatic rings. The van der Waals surface area contributed by atoms with Crippen LogP contribution in [0.5, 0.6) is 0 Å². The normalized spacial score (nSPS) is 43.5. The van der Waals surface area contributed by atoms with E-state index in [-0.39, 0.29) is 12.2 Å². The van der Waals surface area contributed by atoms with Gasteiger partial charge >= 0.3 is 0 Å². The number of anilines is 1. The Bertz CT molecular complexity index is 751. The molecule has 2 bridgehead atoms. The summed E-state index contributed by atoms with van der Waals surface area (Å²) >= 11 is 0. The van der Waals surface area contributed by atoms with Gasteiger partial charge in [-0.2, -0.15) is 0 Å². The Morgan fingerprint density at radius 2 is 1.87 bits per heavy atom. The van der Waals surface area contributed by atoms with Gasteiger partial charge in [0.1, 0.15) is 0 Å². The maximum atomic E-state index is 6.37. The summed E-state index contributed by atoms with van der Waals surface area (Å²) in [6, 6.07) is 10.2. The minimum Gasteiger partial charge on any atom is -0.384 e.